The number of benzene rings is 1. The number of fused-ring (bicyclic) bond motifs is 1. The van der Waals surface area contributed by atoms with Crippen LogP contribution in [0.5, 0.6) is 0 Å². The largest absolute Gasteiger partial charge is 0.214 e. The first kappa shape index (κ1) is 15.0. The zero-order chi connectivity index (χ0) is 13.2. The van der Waals surface area contributed by atoms with E-state index in [9.17, 15) is 0 Å². The van der Waals surface area contributed by atoms with Crippen LogP contribution in [0.4, 0.5) is 0 Å². The molecule has 0 amide bonds. The molecule has 3 aromatic rings. The van der Waals surface area contributed by atoms with Gasteiger partial charge < -0.3 is 0 Å². The molecule has 0 fully saturated rings. The Balaban J connectivity index is 0.000000154. The number of hydrogen-bond acceptors (Lipinski definition) is 0. The zero-order valence-electron chi connectivity index (χ0n) is 10.9. The Morgan fingerprint density at radius 1 is 0.889 bits per heavy atom. The van der Waals surface area contributed by atoms with Gasteiger partial charge in [0.2, 0.25) is 0 Å². The van der Waals surface area contributed by atoms with Crippen LogP contribution in [-0.4, -0.2) is 3.21 Å². The van der Waals surface area contributed by atoms with Gasteiger partial charge in [-0.1, -0.05) is 6.07 Å². The van der Waals surface area contributed by atoms with Crippen LogP contribution < -0.4 is 0 Å². The molecule has 0 aliphatic carbocycles. The van der Waals surface area contributed by atoms with Crippen LogP contribution in [0.3, 0.4) is 0 Å². The summed E-state index contributed by atoms with van der Waals surface area (Å²) in [6.45, 7) is 4.25. The van der Waals surface area contributed by atoms with Gasteiger partial charge in [0.1, 0.15) is 0 Å². The normalized spacial score (nSPS) is 8.89. The molecule has 0 saturated heterocycles. The first-order chi connectivity index (χ1) is 8.70. The molecule has 18 heavy (non-hydrogen) atoms. The molecule has 0 nitrogen and oxygen atoms in total. The van der Waals surface area contributed by atoms with Crippen molar-refractivity contribution in [2.45, 2.75) is 13.8 Å². The van der Waals surface area contributed by atoms with Gasteiger partial charge in [-0.05, 0) is 0 Å². The van der Waals surface area contributed by atoms with Crippen molar-refractivity contribution >= 4 is 14.0 Å². The van der Waals surface area contributed by atoms with Crippen molar-refractivity contribution in [2.75, 3.05) is 0 Å². The third kappa shape index (κ3) is 6.62. The van der Waals surface area contributed by atoms with Crippen molar-refractivity contribution in [3.05, 3.63) is 72.8 Å². The standard InChI is InChI=1S/C9H7.C5H5.C3H6.Zr/c1-2-5-9-7-3-6-8(9)4-1;1-2-4-5-3-1;1-3-2;/h1-7H;1-5H;1-2H3;/q2*-1;;+2. The van der Waals surface area contributed by atoms with Crippen molar-refractivity contribution in [1.29, 1.82) is 0 Å². The molecule has 0 bridgehead atoms. The fourth-order valence-corrected chi connectivity index (χ4v) is 1.39. The quantitative estimate of drug-likeness (QED) is 0.527. The molecule has 3 aromatic carbocycles. The van der Waals surface area contributed by atoms with Gasteiger partial charge in [0.05, 0.1) is 0 Å². The second-order valence-electron chi connectivity index (χ2n) is 4.12. The zero-order valence-corrected chi connectivity index (χ0v) is 13.4. The van der Waals surface area contributed by atoms with Crippen LogP contribution >= 0.6 is 0 Å². The smallest absolute Gasteiger partial charge is 0.0809 e. The van der Waals surface area contributed by atoms with Crippen LogP contribution in [-0.2, 0) is 24.2 Å². The summed E-state index contributed by atoms with van der Waals surface area (Å²) in [5.74, 6) is 0. The van der Waals surface area contributed by atoms with Crippen LogP contribution in [0.2, 0.25) is 0 Å². The van der Waals surface area contributed by atoms with Crippen molar-refractivity contribution in [1.82, 2.24) is 0 Å². The van der Waals surface area contributed by atoms with Crippen molar-refractivity contribution in [3.63, 3.8) is 0 Å². The Hall–Kier alpha value is -1.07. The minimum Gasteiger partial charge on any atom is -0.214 e. The molecule has 0 N–H and O–H groups in total. The molecule has 0 atom stereocenters. The summed E-state index contributed by atoms with van der Waals surface area (Å²) >= 11 is 1.55. The minimum atomic E-state index is 1.33. The maximum Gasteiger partial charge on any atom is -0.0809 e. The maximum atomic E-state index is 2.12. The van der Waals surface area contributed by atoms with Crippen molar-refractivity contribution < 1.29 is 24.2 Å². The van der Waals surface area contributed by atoms with Crippen LogP contribution in [0.25, 0.3) is 10.8 Å². The minimum absolute atomic E-state index is 1.33. The van der Waals surface area contributed by atoms with Gasteiger partial charge >= 0.3 is 41.3 Å². The first-order valence-electron chi connectivity index (χ1n) is 5.99. The Bertz CT molecular complexity index is 492. The molecular weight excluding hydrogens is 295 g/mol. The van der Waals surface area contributed by atoms with E-state index in [0.717, 1.165) is 0 Å². The van der Waals surface area contributed by atoms with E-state index < -0.39 is 0 Å². The first-order valence-corrected chi connectivity index (χ1v) is 7.22. The average molecular weight is 314 g/mol. The number of rotatable bonds is 0. The van der Waals surface area contributed by atoms with E-state index in [-0.39, 0.29) is 0 Å². The Kier molecular flexibility index (Phi) is 7.45. The molecular formula is C17H18Zr. The SMILES string of the molecule is C[C](C)=[Zr+2].c1cc[cH-]c1.c1ccc2[cH-]ccc2c1. The topological polar surface area (TPSA) is 0 Å². The molecule has 90 valence electrons. The summed E-state index contributed by atoms with van der Waals surface area (Å²) in [5, 5.41) is 2.66. The van der Waals surface area contributed by atoms with E-state index in [1.54, 1.807) is 24.2 Å². The molecule has 0 unspecified atom stereocenters. The summed E-state index contributed by atoms with van der Waals surface area (Å²) < 4.78 is 1.51. The average Bonchev–Trinajstić information content (AvgIpc) is 3.03. The molecule has 0 spiro atoms. The third-order valence-electron chi connectivity index (χ3n) is 2.10. The van der Waals surface area contributed by atoms with Crippen LogP contribution in [0.15, 0.2) is 72.8 Å². The molecule has 0 radical (unpaired) electrons. The van der Waals surface area contributed by atoms with E-state index >= 15 is 0 Å². The Morgan fingerprint density at radius 2 is 1.50 bits per heavy atom. The predicted octanol–water partition coefficient (Wildman–Crippen LogP) is 4.71. The van der Waals surface area contributed by atoms with E-state index in [4.69, 9.17) is 0 Å². The second kappa shape index (κ2) is 8.94. The van der Waals surface area contributed by atoms with Crippen LogP contribution in [0, 0.1) is 0 Å². The maximum absolute atomic E-state index is 2.12. The van der Waals surface area contributed by atoms with Gasteiger partial charge in [-0.2, -0.15) is 35.7 Å². The van der Waals surface area contributed by atoms with E-state index in [1.807, 2.05) is 30.3 Å². The van der Waals surface area contributed by atoms with E-state index in [2.05, 4.69) is 56.3 Å². The van der Waals surface area contributed by atoms with Gasteiger partial charge in [0.25, 0.3) is 0 Å². The van der Waals surface area contributed by atoms with Crippen molar-refractivity contribution in [3.8, 4) is 0 Å². The molecule has 0 aromatic heterocycles. The summed E-state index contributed by atoms with van der Waals surface area (Å²) in [6, 6.07) is 24.7. The predicted molar refractivity (Wildman–Crippen MR) is 77.9 cm³/mol. The molecule has 0 saturated carbocycles. The summed E-state index contributed by atoms with van der Waals surface area (Å²) in [6.07, 6.45) is 0. The Labute approximate surface area is 124 Å². The van der Waals surface area contributed by atoms with E-state index in [1.165, 1.54) is 14.0 Å². The third-order valence-corrected chi connectivity index (χ3v) is 2.10. The molecule has 3 rings (SSSR count). The van der Waals surface area contributed by atoms with Gasteiger partial charge in [0, 0.05) is 0 Å². The molecule has 0 aliphatic heterocycles. The van der Waals surface area contributed by atoms with Crippen LogP contribution in [0.1, 0.15) is 13.8 Å². The fraction of sp³-hybridized carbons (Fsp3) is 0.118. The monoisotopic (exact) mass is 312 g/mol. The number of hydrogen-bond donors (Lipinski definition) is 0. The second-order valence-corrected chi connectivity index (χ2v) is 6.57. The van der Waals surface area contributed by atoms with Gasteiger partial charge in [-0.15, -0.1) is 29.7 Å². The van der Waals surface area contributed by atoms with Crippen molar-refractivity contribution in [2.24, 2.45) is 0 Å². The summed E-state index contributed by atoms with van der Waals surface area (Å²) in [7, 11) is 0. The molecule has 0 heterocycles. The molecule has 0 aliphatic rings. The summed E-state index contributed by atoms with van der Waals surface area (Å²) in [4.78, 5) is 0. The fourth-order valence-electron chi connectivity index (χ4n) is 1.39. The van der Waals surface area contributed by atoms with E-state index in [0.29, 0.717) is 0 Å². The van der Waals surface area contributed by atoms with Gasteiger partial charge in [0.15, 0.2) is 0 Å². The van der Waals surface area contributed by atoms with Gasteiger partial charge in [-0.3, -0.25) is 0 Å². The summed E-state index contributed by atoms with van der Waals surface area (Å²) in [5.41, 5.74) is 0. The van der Waals surface area contributed by atoms with Gasteiger partial charge in [-0.25, -0.2) is 12.1 Å². The molecule has 1 heteroatoms. The Morgan fingerprint density at radius 3 is 2.00 bits per heavy atom.